The van der Waals surface area contributed by atoms with Crippen molar-refractivity contribution >= 4 is 39.3 Å². The molecule has 0 saturated heterocycles. The second-order valence-electron chi connectivity index (χ2n) is 2.71. The minimum Gasteiger partial charge on any atom is -0.465 e. The standard InChI is InChI=1S/C10H8BrNO2S/c1-6-9(11)4-8(15-6)3-7(5-12)10(13)14-2/h3-4H,1-2H3/b7-3-. The van der Waals surface area contributed by atoms with Gasteiger partial charge in [-0.3, -0.25) is 0 Å². The Labute approximate surface area is 100 Å². The zero-order valence-electron chi connectivity index (χ0n) is 8.20. The van der Waals surface area contributed by atoms with E-state index in [1.165, 1.54) is 24.5 Å². The van der Waals surface area contributed by atoms with Crippen molar-refractivity contribution < 1.29 is 9.53 Å². The van der Waals surface area contributed by atoms with Crippen molar-refractivity contribution in [2.45, 2.75) is 6.92 Å². The molecule has 78 valence electrons. The van der Waals surface area contributed by atoms with Crippen LogP contribution in [-0.2, 0) is 9.53 Å². The summed E-state index contributed by atoms with van der Waals surface area (Å²) in [6, 6.07) is 3.67. The molecule has 1 heterocycles. The van der Waals surface area contributed by atoms with Crippen molar-refractivity contribution in [1.82, 2.24) is 0 Å². The first-order valence-corrected chi connectivity index (χ1v) is 5.65. The van der Waals surface area contributed by atoms with Gasteiger partial charge in [-0.2, -0.15) is 5.26 Å². The molecule has 1 rings (SSSR count). The Morgan fingerprint density at radius 1 is 1.73 bits per heavy atom. The number of carbonyl (C=O) groups is 1. The maximum atomic E-state index is 11.1. The normalized spacial score (nSPS) is 10.9. The van der Waals surface area contributed by atoms with Gasteiger partial charge in [-0.05, 0) is 35.0 Å². The maximum absolute atomic E-state index is 11.1. The third-order valence-electron chi connectivity index (χ3n) is 1.69. The number of thiophene rings is 1. The summed E-state index contributed by atoms with van der Waals surface area (Å²) in [7, 11) is 1.25. The molecule has 0 aliphatic carbocycles. The van der Waals surface area contributed by atoms with Crippen LogP contribution in [0.4, 0.5) is 0 Å². The van der Waals surface area contributed by atoms with E-state index in [0.717, 1.165) is 14.2 Å². The maximum Gasteiger partial charge on any atom is 0.348 e. The van der Waals surface area contributed by atoms with Crippen LogP contribution in [0.5, 0.6) is 0 Å². The van der Waals surface area contributed by atoms with Crippen molar-refractivity contribution in [3.8, 4) is 6.07 Å². The quantitative estimate of drug-likeness (QED) is 0.477. The van der Waals surface area contributed by atoms with Crippen LogP contribution in [0.2, 0.25) is 0 Å². The SMILES string of the molecule is COC(=O)/C(C#N)=C\c1cc(Br)c(C)s1. The Hall–Kier alpha value is -1.12. The molecule has 15 heavy (non-hydrogen) atoms. The Balaban J connectivity index is 3.05. The summed E-state index contributed by atoms with van der Waals surface area (Å²) in [5.41, 5.74) is 0.00579. The van der Waals surface area contributed by atoms with E-state index in [1.807, 2.05) is 19.1 Å². The first kappa shape index (κ1) is 12.0. The van der Waals surface area contributed by atoms with E-state index in [9.17, 15) is 4.79 Å². The predicted molar refractivity (Wildman–Crippen MR) is 62.4 cm³/mol. The third-order valence-corrected chi connectivity index (χ3v) is 3.77. The number of carbonyl (C=O) groups excluding carboxylic acids is 1. The number of nitrogens with zero attached hydrogens (tertiary/aromatic N) is 1. The van der Waals surface area contributed by atoms with Gasteiger partial charge >= 0.3 is 5.97 Å². The lowest BCUT2D eigenvalue weighted by Crippen LogP contribution is -2.02. The molecule has 0 aliphatic rings. The second-order valence-corrected chi connectivity index (χ2v) is 4.86. The predicted octanol–water partition coefficient (Wildman–Crippen LogP) is 2.90. The monoisotopic (exact) mass is 285 g/mol. The Morgan fingerprint density at radius 3 is 2.80 bits per heavy atom. The zero-order chi connectivity index (χ0) is 11.4. The molecule has 5 heteroatoms. The largest absolute Gasteiger partial charge is 0.465 e. The fourth-order valence-electron chi connectivity index (χ4n) is 0.942. The van der Waals surface area contributed by atoms with Gasteiger partial charge in [0.15, 0.2) is 0 Å². The van der Waals surface area contributed by atoms with Gasteiger partial charge in [-0.15, -0.1) is 11.3 Å². The van der Waals surface area contributed by atoms with Crippen LogP contribution in [0, 0.1) is 18.3 Å². The van der Waals surface area contributed by atoms with Crippen LogP contribution in [0.1, 0.15) is 9.75 Å². The summed E-state index contributed by atoms with van der Waals surface area (Å²) in [6.07, 6.45) is 1.52. The molecule has 1 aromatic heterocycles. The molecule has 0 N–H and O–H groups in total. The Kier molecular flexibility index (Phi) is 4.06. The highest BCUT2D eigenvalue weighted by Gasteiger charge is 2.09. The van der Waals surface area contributed by atoms with Gasteiger partial charge in [0.2, 0.25) is 0 Å². The zero-order valence-corrected chi connectivity index (χ0v) is 10.6. The van der Waals surface area contributed by atoms with Crippen LogP contribution in [0.25, 0.3) is 6.08 Å². The minimum absolute atomic E-state index is 0.00579. The highest BCUT2D eigenvalue weighted by Crippen LogP contribution is 2.27. The second kappa shape index (κ2) is 5.10. The number of hydrogen-bond donors (Lipinski definition) is 0. The number of aryl methyl sites for hydroxylation is 1. The molecule has 0 atom stereocenters. The van der Waals surface area contributed by atoms with Crippen molar-refractivity contribution in [3.63, 3.8) is 0 Å². The smallest absolute Gasteiger partial charge is 0.348 e. The molecule has 0 fully saturated rings. The number of nitriles is 1. The van der Waals surface area contributed by atoms with Crippen molar-refractivity contribution in [3.05, 3.63) is 25.9 Å². The third kappa shape index (κ3) is 2.91. The van der Waals surface area contributed by atoms with Crippen molar-refractivity contribution in [1.29, 1.82) is 5.26 Å². The summed E-state index contributed by atoms with van der Waals surface area (Å²) >= 11 is 4.87. The molecule has 0 amide bonds. The number of methoxy groups -OCH3 is 1. The lowest BCUT2D eigenvalue weighted by molar-refractivity contribution is -0.135. The highest BCUT2D eigenvalue weighted by atomic mass is 79.9. The first-order chi connectivity index (χ1) is 7.08. The molecule has 0 spiro atoms. The van der Waals surface area contributed by atoms with E-state index in [1.54, 1.807) is 0 Å². The summed E-state index contributed by atoms with van der Waals surface area (Å²) in [4.78, 5) is 13.1. The summed E-state index contributed by atoms with van der Waals surface area (Å²) in [5.74, 6) is -0.611. The van der Waals surface area contributed by atoms with Gasteiger partial charge in [0.25, 0.3) is 0 Å². The van der Waals surface area contributed by atoms with E-state index in [-0.39, 0.29) is 5.57 Å². The molecule has 0 bridgehead atoms. The van der Waals surface area contributed by atoms with Crippen LogP contribution >= 0.6 is 27.3 Å². The topological polar surface area (TPSA) is 50.1 Å². The van der Waals surface area contributed by atoms with Crippen LogP contribution in [0.3, 0.4) is 0 Å². The van der Waals surface area contributed by atoms with Crippen molar-refractivity contribution in [2.75, 3.05) is 7.11 Å². The molecule has 0 radical (unpaired) electrons. The molecule has 0 saturated carbocycles. The summed E-state index contributed by atoms with van der Waals surface area (Å²) < 4.78 is 5.45. The molecule has 0 aliphatic heterocycles. The van der Waals surface area contributed by atoms with Crippen LogP contribution in [0.15, 0.2) is 16.1 Å². The van der Waals surface area contributed by atoms with E-state index < -0.39 is 5.97 Å². The number of hydrogen-bond acceptors (Lipinski definition) is 4. The molecular formula is C10H8BrNO2S. The van der Waals surface area contributed by atoms with Gasteiger partial charge < -0.3 is 4.74 Å². The number of ether oxygens (including phenoxy) is 1. The van der Waals surface area contributed by atoms with Gasteiger partial charge in [0.1, 0.15) is 11.6 Å². The first-order valence-electron chi connectivity index (χ1n) is 4.04. The molecular weight excluding hydrogens is 278 g/mol. The number of esters is 1. The highest BCUT2D eigenvalue weighted by molar-refractivity contribution is 9.10. The van der Waals surface area contributed by atoms with Gasteiger partial charge in [-0.1, -0.05) is 0 Å². The van der Waals surface area contributed by atoms with Gasteiger partial charge in [0.05, 0.1) is 7.11 Å². The van der Waals surface area contributed by atoms with Crippen molar-refractivity contribution in [2.24, 2.45) is 0 Å². The van der Waals surface area contributed by atoms with Gasteiger partial charge in [-0.25, -0.2) is 4.79 Å². The summed E-state index contributed by atoms with van der Waals surface area (Å²) in [5, 5.41) is 8.74. The molecule has 1 aromatic rings. The van der Waals surface area contributed by atoms with E-state index in [4.69, 9.17) is 5.26 Å². The Morgan fingerprint density at radius 2 is 2.40 bits per heavy atom. The average Bonchev–Trinajstić information content (AvgIpc) is 2.53. The Bertz CT molecular complexity index is 437. The van der Waals surface area contributed by atoms with Crippen LogP contribution < -0.4 is 0 Å². The fourth-order valence-corrected chi connectivity index (χ4v) is 2.45. The molecule has 3 nitrogen and oxygen atoms in total. The molecule has 0 aromatic carbocycles. The summed E-state index contributed by atoms with van der Waals surface area (Å²) in [6.45, 7) is 1.95. The number of rotatable bonds is 2. The molecule has 0 unspecified atom stereocenters. The lowest BCUT2D eigenvalue weighted by atomic mass is 10.2. The lowest BCUT2D eigenvalue weighted by Gasteiger charge is -1.93. The fraction of sp³-hybridized carbons (Fsp3) is 0.200. The average molecular weight is 286 g/mol. The van der Waals surface area contributed by atoms with Gasteiger partial charge in [0, 0.05) is 14.2 Å². The minimum atomic E-state index is -0.611. The van der Waals surface area contributed by atoms with E-state index in [2.05, 4.69) is 20.7 Å². The van der Waals surface area contributed by atoms with E-state index in [0.29, 0.717) is 0 Å². The van der Waals surface area contributed by atoms with Crippen LogP contribution in [-0.4, -0.2) is 13.1 Å². The number of halogens is 1. The van der Waals surface area contributed by atoms with E-state index >= 15 is 0 Å².